The van der Waals surface area contributed by atoms with Crippen LogP contribution in [0.5, 0.6) is 0 Å². The first kappa shape index (κ1) is 18.1. The minimum absolute atomic E-state index is 0.314. The van der Waals surface area contributed by atoms with Crippen LogP contribution >= 0.6 is 0 Å². The van der Waals surface area contributed by atoms with Gasteiger partial charge >= 0.3 is 0 Å². The van der Waals surface area contributed by atoms with E-state index >= 15 is 0 Å². The minimum atomic E-state index is -0.765. The van der Waals surface area contributed by atoms with Crippen molar-refractivity contribution in [3.8, 4) is 0 Å². The fraction of sp³-hybridized carbons (Fsp3) is 0.500. The Hall–Kier alpha value is -2.28. The van der Waals surface area contributed by atoms with Crippen molar-refractivity contribution in [2.24, 2.45) is 11.8 Å². The van der Waals surface area contributed by atoms with Crippen molar-refractivity contribution in [2.75, 3.05) is 36.8 Å². The van der Waals surface area contributed by atoms with Gasteiger partial charge in [-0.15, -0.1) is 0 Å². The molecular formula is C20H25F2N5. The molecule has 1 aromatic heterocycles. The smallest absolute Gasteiger partial charge is 0.221 e. The van der Waals surface area contributed by atoms with Crippen molar-refractivity contribution >= 4 is 11.8 Å². The number of aromatic nitrogens is 2. The van der Waals surface area contributed by atoms with Crippen molar-refractivity contribution < 1.29 is 8.78 Å². The molecule has 7 heteroatoms. The van der Waals surface area contributed by atoms with Crippen molar-refractivity contribution in [3.05, 3.63) is 47.7 Å². The van der Waals surface area contributed by atoms with Gasteiger partial charge in [0.2, 0.25) is 5.95 Å². The van der Waals surface area contributed by atoms with Gasteiger partial charge in [0.25, 0.3) is 0 Å². The topological polar surface area (TPSA) is 58.3 Å². The van der Waals surface area contributed by atoms with Crippen LogP contribution in [0.25, 0.3) is 0 Å². The van der Waals surface area contributed by atoms with Crippen molar-refractivity contribution in [3.63, 3.8) is 0 Å². The van der Waals surface area contributed by atoms with E-state index in [9.17, 15) is 8.78 Å². The highest BCUT2D eigenvalue weighted by Crippen LogP contribution is 2.34. The molecule has 2 N–H and O–H groups in total. The van der Waals surface area contributed by atoms with E-state index in [1.807, 2.05) is 6.07 Å². The normalized spacial score (nSPS) is 21.7. The predicted octanol–water partition coefficient (Wildman–Crippen LogP) is 3.08. The summed E-state index contributed by atoms with van der Waals surface area (Å²) >= 11 is 0. The zero-order valence-electron chi connectivity index (χ0n) is 15.3. The van der Waals surface area contributed by atoms with Crippen LogP contribution in [0.15, 0.2) is 30.5 Å². The molecule has 2 aliphatic rings. The van der Waals surface area contributed by atoms with Crippen molar-refractivity contribution in [2.45, 2.75) is 25.8 Å². The Morgan fingerprint density at radius 3 is 2.59 bits per heavy atom. The van der Waals surface area contributed by atoms with Crippen LogP contribution in [0.4, 0.5) is 20.5 Å². The molecule has 0 spiro atoms. The van der Waals surface area contributed by atoms with E-state index in [4.69, 9.17) is 5.73 Å². The molecule has 0 radical (unpaired) electrons. The maximum atomic E-state index is 13.9. The highest BCUT2D eigenvalue weighted by molar-refractivity contribution is 5.42. The molecule has 27 heavy (non-hydrogen) atoms. The van der Waals surface area contributed by atoms with Crippen LogP contribution in [0.1, 0.15) is 24.8 Å². The molecular weight excluding hydrogens is 348 g/mol. The third-order valence-corrected chi connectivity index (χ3v) is 5.93. The number of likely N-dealkylation sites (tertiary alicyclic amines) is 1. The van der Waals surface area contributed by atoms with Crippen LogP contribution < -0.4 is 10.6 Å². The maximum Gasteiger partial charge on any atom is 0.221 e. The molecule has 0 amide bonds. The summed E-state index contributed by atoms with van der Waals surface area (Å²) in [7, 11) is 0. The monoisotopic (exact) mass is 373 g/mol. The zero-order valence-corrected chi connectivity index (χ0v) is 15.3. The Kier molecular flexibility index (Phi) is 5.20. The van der Waals surface area contributed by atoms with Gasteiger partial charge in [0, 0.05) is 31.4 Å². The number of halogens is 2. The maximum absolute atomic E-state index is 13.9. The van der Waals surface area contributed by atoms with Crippen LogP contribution in [0.3, 0.4) is 0 Å². The first-order valence-corrected chi connectivity index (χ1v) is 9.59. The van der Waals surface area contributed by atoms with E-state index in [1.54, 1.807) is 18.3 Å². The third kappa shape index (κ3) is 4.03. The lowest BCUT2D eigenvalue weighted by atomic mass is 9.83. The molecule has 1 unspecified atom stereocenters. The molecule has 0 saturated carbocycles. The quantitative estimate of drug-likeness (QED) is 0.893. The summed E-state index contributed by atoms with van der Waals surface area (Å²) in [6.07, 6.45) is 5.06. The number of hydrogen-bond donors (Lipinski definition) is 1. The summed E-state index contributed by atoms with van der Waals surface area (Å²) < 4.78 is 27.3. The van der Waals surface area contributed by atoms with Gasteiger partial charge in [-0.1, -0.05) is 12.1 Å². The van der Waals surface area contributed by atoms with Crippen molar-refractivity contribution in [1.29, 1.82) is 0 Å². The first-order chi connectivity index (χ1) is 13.1. The van der Waals surface area contributed by atoms with Gasteiger partial charge in [-0.05, 0) is 56.3 Å². The standard InChI is InChI=1S/C20H25F2N5/c21-17-3-1-2-16(19(17)22)12-26-9-5-14(6-10-26)15-7-11-27(13-15)18-4-8-24-20(23)25-18/h1-4,8,14-15H,5-7,9-13H2,(H2,23,24,25). The Morgan fingerprint density at radius 1 is 1.04 bits per heavy atom. The number of nitrogen functional groups attached to an aromatic ring is 1. The molecule has 2 aromatic rings. The van der Waals surface area contributed by atoms with Gasteiger partial charge in [-0.25, -0.2) is 13.8 Å². The number of rotatable bonds is 4. The van der Waals surface area contributed by atoms with Gasteiger partial charge in [0.15, 0.2) is 11.6 Å². The number of anilines is 2. The van der Waals surface area contributed by atoms with E-state index in [0.29, 0.717) is 29.9 Å². The molecule has 4 rings (SSSR count). The summed E-state index contributed by atoms with van der Waals surface area (Å²) in [5, 5.41) is 0. The van der Waals surface area contributed by atoms with Gasteiger partial charge in [0.05, 0.1) is 0 Å². The summed E-state index contributed by atoms with van der Waals surface area (Å²) in [5.74, 6) is 1.06. The lowest BCUT2D eigenvalue weighted by molar-refractivity contribution is 0.145. The zero-order chi connectivity index (χ0) is 18.8. The average molecular weight is 373 g/mol. The van der Waals surface area contributed by atoms with Crippen LogP contribution in [-0.2, 0) is 6.54 Å². The molecule has 144 valence electrons. The number of piperidine rings is 1. The fourth-order valence-corrected chi connectivity index (χ4v) is 4.41. The van der Waals surface area contributed by atoms with Crippen LogP contribution in [0, 0.1) is 23.5 Å². The summed E-state index contributed by atoms with van der Waals surface area (Å²) in [6, 6.07) is 6.33. The van der Waals surface area contributed by atoms with Crippen molar-refractivity contribution in [1.82, 2.24) is 14.9 Å². The lowest BCUT2D eigenvalue weighted by Gasteiger charge is -2.35. The highest BCUT2D eigenvalue weighted by atomic mass is 19.2. The second-order valence-corrected chi connectivity index (χ2v) is 7.59. The lowest BCUT2D eigenvalue weighted by Crippen LogP contribution is -2.36. The number of hydrogen-bond acceptors (Lipinski definition) is 5. The Morgan fingerprint density at radius 2 is 1.81 bits per heavy atom. The van der Waals surface area contributed by atoms with Crippen LogP contribution in [0.2, 0.25) is 0 Å². The number of benzene rings is 1. The molecule has 0 bridgehead atoms. The molecule has 2 saturated heterocycles. The second-order valence-electron chi connectivity index (χ2n) is 7.59. The Bertz CT molecular complexity index is 792. The third-order valence-electron chi connectivity index (χ3n) is 5.93. The largest absolute Gasteiger partial charge is 0.368 e. The van der Waals surface area contributed by atoms with Gasteiger partial charge < -0.3 is 10.6 Å². The predicted molar refractivity (Wildman–Crippen MR) is 101 cm³/mol. The molecule has 3 heterocycles. The van der Waals surface area contributed by atoms with Gasteiger partial charge in [-0.3, -0.25) is 4.90 Å². The molecule has 1 atom stereocenters. The molecule has 2 fully saturated rings. The summed E-state index contributed by atoms with van der Waals surface area (Å²) in [5.41, 5.74) is 6.14. The molecule has 1 aromatic carbocycles. The van der Waals surface area contributed by atoms with E-state index in [-0.39, 0.29) is 0 Å². The fourth-order valence-electron chi connectivity index (χ4n) is 4.41. The molecule has 0 aliphatic carbocycles. The van der Waals surface area contributed by atoms with E-state index < -0.39 is 11.6 Å². The highest BCUT2D eigenvalue weighted by Gasteiger charge is 2.32. The average Bonchev–Trinajstić information content (AvgIpc) is 3.16. The van der Waals surface area contributed by atoms with E-state index in [2.05, 4.69) is 19.8 Å². The summed E-state index contributed by atoms with van der Waals surface area (Å²) in [4.78, 5) is 12.8. The minimum Gasteiger partial charge on any atom is -0.368 e. The van der Waals surface area contributed by atoms with E-state index in [0.717, 1.165) is 51.3 Å². The summed E-state index contributed by atoms with van der Waals surface area (Å²) in [6.45, 7) is 4.33. The van der Waals surface area contributed by atoms with Crippen LogP contribution in [-0.4, -0.2) is 41.0 Å². The van der Waals surface area contributed by atoms with E-state index in [1.165, 1.54) is 6.07 Å². The molecule has 2 aliphatic heterocycles. The second kappa shape index (κ2) is 7.76. The number of nitrogens with two attached hydrogens (primary N) is 1. The first-order valence-electron chi connectivity index (χ1n) is 9.59. The Balaban J connectivity index is 1.30. The Labute approximate surface area is 158 Å². The molecule has 5 nitrogen and oxygen atoms in total. The number of nitrogens with zero attached hydrogens (tertiary/aromatic N) is 4. The SMILES string of the molecule is Nc1nccc(N2CCC(C3CCN(Cc4cccc(F)c4F)CC3)C2)n1. The van der Waals surface area contributed by atoms with Gasteiger partial charge in [0.1, 0.15) is 5.82 Å². The van der Waals surface area contributed by atoms with Gasteiger partial charge in [-0.2, -0.15) is 4.98 Å².